The van der Waals surface area contributed by atoms with Crippen molar-refractivity contribution in [3.63, 3.8) is 0 Å². The Bertz CT molecular complexity index is 2080. The van der Waals surface area contributed by atoms with Crippen LogP contribution in [0.3, 0.4) is 0 Å². The minimum absolute atomic E-state index is 0.362. The number of halogens is 1. The number of methoxy groups -OCH3 is 1. The highest BCUT2D eigenvalue weighted by atomic mass is 19.1. The molecule has 3 N–H and O–H groups in total. The molecule has 0 spiro atoms. The standard InChI is InChI=1S/C36H30FN5O/c1-22-10-24(19-38-18-23-6-4-3-5-7-23)12-26(11-22)25-8-9-33-31(15-25)36(42-41-33)34-17-30-32(20-39-21-35(30)40-34)27-13-28(37)16-29(14-27)43-2/h3-17,20-21,38,40H,18-19H2,1-2H3,(H,41,42). The average Bonchev–Trinajstić information content (AvgIpc) is 3.65. The molecule has 0 aliphatic carbocycles. The Morgan fingerprint density at radius 3 is 2.49 bits per heavy atom. The molecule has 0 saturated heterocycles. The second-order valence-corrected chi connectivity index (χ2v) is 10.8. The fourth-order valence-corrected chi connectivity index (χ4v) is 5.72. The topological polar surface area (TPSA) is 78.6 Å². The number of hydrogen-bond acceptors (Lipinski definition) is 4. The van der Waals surface area contributed by atoms with Gasteiger partial charge < -0.3 is 15.0 Å². The van der Waals surface area contributed by atoms with Gasteiger partial charge in [0.1, 0.15) is 17.3 Å². The summed E-state index contributed by atoms with van der Waals surface area (Å²) < 4.78 is 19.6. The zero-order valence-electron chi connectivity index (χ0n) is 23.9. The molecule has 0 bridgehead atoms. The summed E-state index contributed by atoms with van der Waals surface area (Å²) in [7, 11) is 1.53. The van der Waals surface area contributed by atoms with Gasteiger partial charge >= 0.3 is 0 Å². The lowest BCUT2D eigenvalue weighted by Gasteiger charge is -2.10. The second kappa shape index (κ2) is 11.2. The molecule has 0 fully saturated rings. The van der Waals surface area contributed by atoms with Crippen molar-refractivity contribution >= 4 is 21.8 Å². The van der Waals surface area contributed by atoms with E-state index < -0.39 is 0 Å². The number of pyridine rings is 1. The van der Waals surface area contributed by atoms with Crippen LogP contribution in [0.1, 0.15) is 16.7 Å². The first kappa shape index (κ1) is 26.6. The normalized spacial score (nSPS) is 11.4. The van der Waals surface area contributed by atoms with Crippen LogP contribution in [-0.2, 0) is 13.1 Å². The maximum absolute atomic E-state index is 14.3. The van der Waals surface area contributed by atoms with Gasteiger partial charge in [-0.1, -0.05) is 54.1 Å². The molecule has 212 valence electrons. The molecule has 3 aromatic heterocycles. The van der Waals surface area contributed by atoms with Crippen LogP contribution in [0.15, 0.2) is 103 Å². The number of nitrogens with one attached hydrogen (secondary N) is 3. The summed E-state index contributed by atoms with van der Waals surface area (Å²) in [5.74, 6) is 0.0964. The number of aromatic amines is 2. The van der Waals surface area contributed by atoms with Crippen LogP contribution in [0.4, 0.5) is 4.39 Å². The van der Waals surface area contributed by atoms with Crippen LogP contribution in [0.2, 0.25) is 0 Å². The Morgan fingerprint density at radius 2 is 1.63 bits per heavy atom. The average molecular weight is 568 g/mol. The van der Waals surface area contributed by atoms with Gasteiger partial charge in [0.05, 0.1) is 30.0 Å². The van der Waals surface area contributed by atoms with Gasteiger partial charge in [-0.25, -0.2) is 4.39 Å². The van der Waals surface area contributed by atoms with Crippen LogP contribution in [0, 0.1) is 12.7 Å². The Balaban J connectivity index is 1.22. The molecule has 43 heavy (non-hydrogen) atoms. The van der Waals surface area contributed by atoms with Gasteiger partial charge in [-0.05, 0) is 71.1 Å². The van der Waals surface area contributed by atoms with Crippen LogP contribution in [0.5, 0.6) is 5.75 Å². The largest absolute Gasteiger partial charge is 0.497 e. The van der Waals surface area contributed by atoms with Crippen molar-refractivity contribution in [2.75, 3.05) is 7.11 Å². The number of H-pyrrole nitrogens is 2. The number of nitrogens with zero attached hydrogens (tertiary/aromatic N) is 2. The molecular formula is C36H30FN5O. The van der Waals surface area contributed by atoms with Gasteiger partial charge in [-0.2, -0.15) is 5.10 Å². The fourth-order valence-electron chi connectivity index (χ4n) is 5.72. The number of aromatic nitrogens is 4. The van der Waals surface area contributed by atoms with Crippen molar-refractivity contribution < 1.29 is 9.13 Å². The quantitative estimate of drug-likeness (QED) is 0.173. The van der Waals surface area contributed by atoms with Gasteiger partial charge in [-0.3, -0.25) is 10.1 Å². The zero-order chi connectivity index (χ0) is 29.3. The van der Waals surface area contributed by atoms with Gasteiger partial charge in [0.25, 0.3) is 0 Å². The van der Waals surface area contributed by atoms with E-state index in [0.29, 0.717) is 11.3 Å². The van der Waals surface area contributed by atoms with E-state index in [1.165, 1.54) is 35.9 Å². The van der Waals surface area contributed by atoms with Crippen LogP contribution in [-0.4, -0.2) is 27.3 Å². The van der Waals surface area contributed by atoms with E-state index in [1.54, 1.807) is 12.4 Å². The summed E-state index contributed by atoms with van der Waals surface area (Å²) in [6, 6.07) is 30.3. The molecule has 6 nitrogen and oxygen atoms in total. The van der Waals surface area contributed by atoms with E-state index in [2.05, 4.69) is 99.1 Å². The van der Waals surface area contributed by atoms with E-state index in [0.717, 1.165) is 63.0 Å². The molecule has 0 radical (unpaired) electrons. The zero-order valence-corrected chi connectivity index (χ0v) is 23.9. The molecule has 0 aliphatic rings. The lowest BCUT2D eigenvalue weighted by molar-refractivity contribution is 0.411. The van der Waals surface area contributed by atoms with Gasteiger partial charge in [0.2, 0.25) is 0 Å². The first-order valence-electron chi connectivity index (χ1n) is 14.2. The highest BCUT2D eigenvalue weighted by Gasteiger charge is 2.16. The molecule has 0 atom stereocenters. The summed E-state index contributed by atoms with van der Waals surface area (Å²) in [4.78, 5) is 7.89. The SMILES string of the molecule is COc1cc(F)cc(-c2cncc3[nH]c(-c4n[nH]c5ccc(-c6cc(C)cc(CNCc7ccccc7)c6)cc45)cc23)c1. The number of fused-ring (bicyclic) bond motifs is 2. The van der Waals surface area contributed by atoms with Crippen molar-refractivity contribution in [3.05, 3.63) is 126 Å². The molecule has 0 saturated carbocycles. The first-order chi connectivity index (χ1) is 21.0. The molecule has 7 heteroatoms. The Kier molecular flexibility index (Phi) is 6.93. The highest BCUT2D eigenvalue weighted by Crippen LogP contribution is 2.36. The smallest absolute Gasteiger partial charge is 0.127 e. The van der Waals surface area contributed by atoms with Crippen molar-refractivity contribution in [2.45, 2.75) is 20.0 Å². The lowest BCUT2D eigenvalue weighted by Crippen LogP contribution is -2.12. The second-order valence-electron chi connectivity index (χ2n) is 10.8. The minimum Gasteiger partial charge on any atom is -0.497 e. The molecule has 4 aromatic carbocycles. The lowest BCUT2D eigenvalue weighted by atomic mass is 9.98. The summed E-state index contributed by atoms with van der Waals surface area (Å²) >= 11 is 0. The fraction of sp³-hybridized carbons (Fsp3) is 0.111. The predicted octanol–water partition coefficient (Wildman–Crippen LogP) is 8.19. The number of rotatable bonds is 8. The van der Waals surface area contributed by atoms with E-state index in [1.807, 2.05) is 12.1 Å². The maximum atomic E-state index is 14.3. The number of hydrogen-bond donors (Lipinski definition) is 3. The van der Waals surface area contributed by atoms with Crippen molar-refractivity contribution in [2.24, 2.45) is 0 Å². The molecule has 0 unspecified atom stereocenters. The first-order valence-corrected chi connectivity index (χ1v) is 14.2. The van der Waals surface area contributed by atoms with Crippen LogP contribution in [0.25, 0.3) is 55.4 Å². The molecular weight excluding hydrogens is 537 g/mol. The molecule has 3 heterocycles. The summed E-state index contributed by atoms with van der Waals surface area (Å²) in [5.41, 5.74) is 11.0. The summed E-state index contributed by atoms with van der Waals surface area (Å²) in [5, 5.41) is 13.4. The van der Waals surface area contributed by atoms with E-state index in [-0.39, 0.29) is 5.82 Å². The number of benzene rings is 4. The van der Waals surface area contributed by atoms with E-state index in [4.69, 9.17) is 4.74 Å². The predicted molar refractivity (Wildman–Crippen MR) is 170 cm³/mol. The monoisotopic (exact) mass is 567 g/mol. The Hall–Kier alpha value is -5.27. The summed E-state index contributed by atoms with van der Waals surface area (Å²) in [6.07, 6.45) is 3.53. The van der Waals surface area contributed by atoms with Crippen molar-refractivity contribution in [1.82, 2.24) is 25.5 Å². The third-order valence-electron chi connectivity index (χ3n) is 7.75. The van der Waals surface area contributed by atoms with Crippen molar-refractivity contribution in [3.8, 4) is 39.4 Å². The Morgan fingerprint density at radius 1 is 0.767 bits per heavy atom. The van der Waals surface area contributed by atoms with E-state index >= 15 is 0 Å². The number of aryl methyl sites for hydroxylation is 1. The van der Waals surface area contributed by atoms with Gasteiger partial charge in [0, 0.05) is 41.7 Å². The number of ether oxygens (including phenoxy) is 1. The third-order valence-corrected chi connectivity index (χ3v) is 7.75. The Labute approximate surface area is 248 Å². The summed E-state index contributed by atoms with van der Waals surface area (Å²) in [6.45, 7) is 3.74. The molecule has 7 rings (SSSR count). The highest BCUT2D eigenvalue weighted by molar-refractivity contribution is 6.01. The van der Waals surface area contributed by atoms with Gasteiger partial charge in [0.15, 0.2) is 0 Å². The van der Waals surface area contributed by atoms with Crippen molar-refractivity contribution in [1.29, 1.82) is 0 Å². The van der Waals surface area contributed by atoms with Gasteiger partial charge in [-0.15, -0.1) is 0 Å². The van der Waals surface area contributed by atoms with Crippen LogP contribution < -0.4 is 10.1 Å². The molecule has 7 aromatic rings. The maximum Gasteiger partial charge on any atom is 0.127 e. The van der Waals surface area contributed by atoms with Crippen LogP contribution >= 0.6 is 0 Å². The minimum atomic E-state index is -0.362. The third kappa shape index (κ3) is 5.38. The van der Waals surface area contributed by atoms with E-state index in [9.17, 15) is 4.39 Å². The molecule has 0 aliphatic heterocycles. The molecule has 0 amide bonds.